The molecule has 1 aliphatic heterocycles. The fraction of sp³-hybridized carbons (Fsp3) is 0.562. The van der Waals surface area contributed by atoms with Gasteiger partial charge in [-0.15, -0.1) is 0 Å². The van der Waals surface area contributed by atoms with Crippen molar-refractivity contribution >= 4 is 5.91 Å². The number of β-amino-alcohol motifs (C(OH)–C–C–N with tert-alkyl or cyclic N) is 1. The molecule has 4 heteroatoms. The highest BCUT2D eigenvalue weighted by Crippen LogP contribution is 2.30. The van der Waals surface area contributed by atoms with Crippen molar-refractivity contribution in [1.29, 1.82) is 0 Å². The number of hydrogen-bond donors (Lipinski definition) is 1. The first kappa shape index (κ1) is 15.0. The van der Waals surface area contributed by atoms with Crippen molar-refractivity contribution in [3.63, 3.8) is 0 Å². The number of nitrogens with zero attached hydrogens (tertiary/aromatic N) is 2. The fourth-order valence-corrected chi connectivity index (χ4v) is 2.71. The molecule has 0 bridgehead atoms. The second kappa shape index (κ2) is 5.54. The highest BCUT2D eigenvalue weighted by atomic mass is 16.3. The maximum Gasteiger partial charge on any atom is 0.253 e. The van der Waals surface area contributed by atoms with E-state index in [0.717, 1.165) is 17.7 Å². The summed E-state index contributed by atoms with van der Waals surface area (Å²) < 4.78 is 0. The zero-order valence-corrected chi connectivity index (χ0v) is 12.8. The summed E-state index contributed by atoms with van der Waals surface area (Å²) in [7, 11) is 3.53. The molecule has 1 saturated heterocycles. The molecule has 110 valence electrons. The summed E-state index contributed by atoms with van der Waals surface area (Å²) in [5.41, 5.74) is 1.69. The number of carbonyl (C=O) groups excluding carboxylic acids is 1. The van der Waals surface area contributed by atoms with E-state index in [2.05, 4.69) is 18.7 Å². The molecule has 1 fully saturated rings. The van der Waals surface area contributed by atoms with E-state index in [0.29, 0.717) is 13.1 Å². The summed E-state index contributed by atoms with van der Waals surface area (Å²) in [5.74, 6) is 0.0274. The van der Waals surface area contributed by atoms with Crippen molar-refractivity contribution in [3.8, 4) is 0 Å². The maximum atomic E-state index is 12.2. The molecule has 1 unspecified atom stereocenters. The van der Waals surface area contributed by atoms with Gasteiger partial charge in [0.2, 0.25) is 0 Å². The van der Waals surface area contributed by atoms with Gasteiger partial charge in [-0.1, -0.05) is 32.0 Å². The Morgan fingerprint density at radius 1 is 1.40 bits per heavy atom. The SMILES string of the molecule is CN(C)C(=O)c1ccccc1CN1CC(O)C(C)(C)C1. The highest BCUT2D eigenvalue weighted by molar-refractivity contribution is 5.95. The molecule has 1 aromatic carbocycles. The van der Waals surface area contributed by atoms with Crippen LogP contribution < -0.4 is 0 Å². The van der Waals surface area contributed by atoms with Crippen LogP contribution in [-0.2, 0) is 6.54 Å². The number of benzene rings is 1. The van der Waals surface area contributed by atoms with E-state index in [1.54, 1.807) is 19.0 Å². The Labute approximate surface area is 121 Å². The Morgan fingerprint density at radius 3 is 2.60 bits per heavy atom. The molecule has 1 aliphatic rings. The van der Waals surface area contributed by atoms with Crippen LogP contribution in [0, 0.1) is 5.41 Å². The van der Waals surface area contributed by atoms with Crippen LogP contribution in [0.2, 0.25) is 0 Å². The summed E-state index contributed by atoms with van der Waals surface area (Å²) in [4.78, 5) is 16.0. The first-order valence-electron chi connectivity index (χ1n) is 7.01. The average Bonchev–Trinajstić information content (AvgIpc) is 2.62. The van der Waals surface area contributed by atoms with Crippen LogP contribution in [0.25, 0.3) is 0 Å². The van der Waals surface area contributed by atoms with Crippen LogP contribution in [-0.4, -0.2) is 54.1 Å². The van der Waals surface area contributed by atoms with E-state index in [1.807, 2.05) is 24.3 Å². The largest absolute Gasteiger partial charge is 0.391 e. The third-order valence-electron chi connectivity index (χ3n) is 4.01. The summed E-state index contributed by atoms with van der Waals surface area (Å²) in [6, 6.07) is 7.71. The number of carbonyl (C=O) groups is 1. The van der Waals surface area contributed by atoms with Crippen molar-refractivity contribution in [3.05, 3.63) is 35.4 Å². The molecule has 2 rings (SSSR count). The lowest BCUT2D eigenvalue weighted by molar-refractivity contribution is 0.0825. The maximum absolute atomic E-state index is 12.2. The Hall–Kier alpha value is -1.39. The molecule has 0 aromatic heterocycles. The summed E-state index contributed by atoms with van der Waals surface area (Å²) in [6.07, 6.45) is -0.306. The van der Waals surface area contributed by atoms with Gasteiger partial charge in [0.15, 0.2) is 0 Å². The van der Waals surface area contributed by atoms with Crippen LogP contribution in [0.1, 0.15) is 29.8 Å². The minimum atomic E-state index is -0.306. The Kier molecular flexibility index (Phi) is 4.16. The van der Waals surface area contributed by atoms with Gasteiger partial charge >= 0.3 is 0 Å². The van der Waals surface area contributed by atoms with Crippen LogP contribution >= 0.6 is 0 Å². The number of rotatable bonds is 3. The molecule has 1 heterocycles. The molecular weight excluding hydrogens is 252 g/mol. The van der Waals surface area contributed by atoms with E-state index in [1.165, 1.54) is 0 Å². The molecule has 1 aromatic rings. The van der Waals surface area contributed by atoms with Crippen molar-refractivity contribution < 1.29 is 9.90 Å². The van der Waals surface area contributed by atoms with Crippen LogP contribution in [0.3, 0.4) is 0 Å². The van der Waals surface area contributed by atoms with Crippen molar-refractivity contribution in [2.24, 2.45) is 5.41 Å². The number of likely N-dealkylation sites (tertiary alicyclic amines) is 1. The lowest BCUT2D eigenvalue weighted by atomic mass is 9.90. The second-order valence-electron chi connectivity index (χ2n) is 6.53. The van der Waals surface area contributed by atoms with Crippen LogP contribution in [0.4, 0.5) is 0 Å². The molecular formula is C16H24N2O2. The van der Waals surface area contributed by atoms with Gasteiger partial charge in [0.1, 0.15) is 0 Å². The van der Waals surface area contributed by atoms with Crippen molar-refractivity contribution in [1.82, 2.24) is 9.80 Å². The first-order valence-corrected chi connectivity index (χ1v) is 7.01. The predicted octanol–water partition coefficient (Wildman–Crippen LogP) is 1.59. The molecule has 4 nitrogen and oxygen atoms in total. The van der Waals surface area contributed by atoms with E-state index < -0.39 is 0 Å². The Morgan fingerprint density at radius 2 is 2.05 bits per heavy atom. The second-order valence-corrected chi connectivity index (χ2v) is 6.53. The third-order valence-corrected chi connectivity index (χ3v) is 4.01. The minimum Gasteiger partial charge on any atom is -0.391 e. The van der Waals surface area contributed by atoms with Gasteiger partial charge in [0.25, 0.3) is 5.91 Å². The third kappa shape index (κ3) is 3.02. The minimum absolute atomic E-state index is 0.0274. The van der Waals surface area contributed by atoms with E-state index >= 15 is 0 Å². The topological polar surface area (TPSA) is 43.8 Å². The quantitative estimate of drug-likeness (QED) is 0.912. The summed E-state index contributed by atoms with van der Waals surface area (Å²) in [5, 5.41) is 10.1. The van der Waals surface area contributed by atoms with Gasteiger partial charge < -0.3 is 10.0 Å². The number of aliphatic hydroxyl groups excluding tert-OH is 1. The summed E-state index contributed by atoms with van der Waals surface area (Å²) >= 11 is 0. The van der Waals surface area contributed by atoms with Gasteiger partial charge in [-0.2, -0.15) is 0 Å². The van der Waals surface area contributed by atoms with Gasteiger partial charge in [0.05, 0.1) is 6.10 Å². The molecule has 0 spiro atoms. The van der Waals surface area contributed by atoms with E-state index in [4.69, 9.17) is 0 Å². The monoisotopic (exact) mass is 276 g/mol. The van der Waals surface area contributed by atoms with Gasteiger partial charge in [0, 0.05) is 44.7 Å². The molecule has 1 atom stereocenters. The highest BCUT2D eigenvalue weighted by Gasteiger charge is 2.38. The van der Waals surface area contributed by atoms with Gasteiger partial charge in [-0.25, -0.2) is 0 Å². The number of hydrogen-bond acceptors (Lipinski definition) is 3. The van der Waals surface area contributed by atoms with Crippen molar-refractivity contribution in [2.45, 2.75) is 26.5 Å². The number of aliphatic hydroxyl groups is 1. The average molecular weight is 276 g/mol. The molecule has 1 N–H and O–H groups in total. The smallest absolute Gasteiger partial charge is 0.253 e. The van der Waals surface area contributed by atoms with Gasteiger partial charge in [-0.3, -0.25) is 9.69 Å². The lowest BCUT2D eigenvalue weighted by Crippen LogP contribution is -2.27. The number of amides is 1. The molecule has 0 aliphatic carbocycles. The zero-order chi connectivity index (χ0) is 14.9. The predicted molar refractivity (Wildman–Crippen MR) is 79.5 cm³/mol. The molecule has 0 saturated carbocycles. The molecule has 1 amide bonds. The first-order chi connectivity index (χ1) is 9.31. The van der Waals surface area contributed by atoms with Crippen LogP contribution in [0.15, 0.2) is 24.3 Å². The fourth-order valence-electron chi connectivity index (χ4n) is 2.71. The van der Waals surface area contributed by atoms with E-state index in [9.17, 15) is 9.90 Å². The Bertz CT molecular complexity index is 497. The summed E-state index contributed by atoms with van der Waals surface area (Å²) in [6.45, 7) is 6.37. The van der Waals surface area contributed by atoms with Gasteiger partial charge in [-0.05, 0) is 11.6 Å². The Balaban J connectivity index is 2.17. The van der Waals surface area contributed by atoms with E-state index in [-0.39, 0.29) is 17.4 Å². The molecule has 0 radical (unpaired) electrons. The lowest BCUT2D eigenvalue weighted by Gasteiger charge is -2.22. The standard InChI is InChI=1S/C16H24N2O2/c1-16(2)11-18(10-14(16)19)9-12-7-5-6-8-13(12)15(20)17(3)4/h5-8,14,19H,9-11H2,1-4H3. The van der Waals surface area contributed by atoms with Crippen LogP contribution in [0.5, 0.6) is 0 Å². The normalized spacial score (nSPS) is 21.9. The van der Waals surface area contributed by atoms with Crippen molar-refractivity contribution in [2.75, 3.05) is 27.2 Å². The molecule has 20 heavy (non-hydrogen) atoms. The zero-order valence-electron chi connectivity index (χ0n) is 12.8.